The monoisotopic (exact) mass is 269 g/mol. The van der Waals surface area contributed by atoms with Gasteiger partial charge in [0, 0.05) is 23.6 Å². The van der Waals surface area contributed by atoms with Gasteiger partial charge in [-0.2, -0.15) is 11.8 Å². The molecule has 2 aliphatic rings. The smallest absolute Gasteiger partial charge is 0.00930 e. The van der Waals surface area contributed by atoms with Crippen molar-refractivity contribution in [3.05, 3.63) is 0 Å². The number of hydrogen-bond donors (Lipinski definition) is 1. The number of hydrogen-bond acceptors (Lipinski definition) is 2. The third-order valence-electron chi connectivity index (χ3n) is 4.86. The zero-order valence-electron chi connectivity index (χ0n) is 12.3. The topological polar surface area (TPSA) is 12.0 Å². The molecule has 106 valence electrons. The molecule has 0 aromatic rings. The van der Waals surface area contributed by atoms with Crippen molar-refractivity contribution in [3.63, 3.8) is 0 Å². The minimum absolute atomic E-state index is 0.810. The van der Waals surface area contributed by atoms with E-state index in [0.717, 1.165) is 23.1 Å². The van der Waals surface area contributed by atoms with Crippen LogP contribution in [0.1, 0.15) is 65.2 Å². The molecule has 4 atom stereocenters. The van der Waals surface area contributed by atoms with E-state index in [1.165, 1.54) is 63.7 Å². The van der Waals surface area contributed by atoms with E-state index in [0.29, 0.717) is 0 Å². The van der Waals surface area contributed by atoms with Crippen LogP contribution in [0.3, 0.4) is 0 Å². The van der Waals surface area contributed by atoms with Crippen molar-refractivity contribution in [1.29, 1.82) is 0 Å². The highest BCUT2D eigenvalue weighted by atomic mass is 32.2. The molecule has 0 amide bonds. The average Bonchev–Trinajstić information content (AvgIpc) is 2.37. The van der Waals surface area contributed by atoms with Crippen LogP contribution in [0.4, 0.5) is 0 Å². The van der Waals surface area contributed by atoms with Gasteiger partial charge in [0.1, 0.15) is 0 Å². The molecule has 0 radical (unpaired) electrons. The summed E-state index contributed by atoms with van der Waals surface area (Å²) in [4.78, 5) is 0. The molecule has 2 aliphatic carbocycles. The first-order chi connectivity index (χ1) is 8.75. The van der Waals surface area contributed by atoms with Crippen molar-refractivity contribution in [2.24, 2.45) is 11.8 Å². The molecule has 18 heavy (non-hydrogen) atoms. The first kappa shape index (κ1) is 14.7. The maximum atomic E-state index is 3.80. The van der Waals surface area contributed by atoms with Crippen LogP contribution in [0.25, 0.3) is 0 Å². The minimum atomic E-state index is 0.810. The average molecular weight is 269 g/mol. The lowest BCUT2D eigenvalue weighted by Crippen LogP contribution is -2.38. The Morgan fingerprint density at radius 2 is 1.83 bits per heavy atom. The number of thioether (sulfide) groups is 1. The van der Waals surface area contributed by atoms with E-state index in [-0.39, 0.29) is 0 Å². The van der Waals surface area contributed by atoms with Crippen molar-refractivity contribution >= 4 is 11.8 Å². The molecule has 0 aliphatic heterocycles. The van der Waals surface area contributed by atoms with Crippen LogP contribution in [0.5, 0.6) is 0 Å². The molecule has 1 N–H and O–H groups in total. The van der Waals surface area contributed by atoms with E-state index in [2.05, 4.69) is 30.9 Å². The Kier molecular flexibility index (Phi) is 6.37. The van der Waals surface area contributed by atoms with Crippen molar-refractivity contribution in [3.8, 4) is 0 Å². The molecule has 0 aromatic heterocycles. The van der Waals surface area contributed by atoms with Gasteiger partial charge < -0.3 is 5.32 Å². The maximum Gasteiger partial charge on any atom is 0.00930 e. The fourth-order valence-corrected chi connectivity index (χ4v) is 4.99. The molecule has 1 nitrogen and oxygen atoms in total. The van der Waals surface area contributed by atoms with Crippen LogP contribution in [0.2, 0.25) is 0 Å². The predicted molar refractivity (Wildman–Crippen MR) is 83.3 cm³/mol. The van der Waals surface area contributed by atoms with Gasteiger partial charge in [0.2, 0.25) is 0 Å². The Balaban J connectivity index is 1.55. The van der Waals surface area contributed by atoms with E-state index >= 15 is 0 Å². The highest BCUT2D eigenvalue weighted by Crippen LogP contribution is 2.31. The lowest BCUT2D eigenvalue weighted by Gasteiger charge is -2.30. The Labute approximate surface area is 118 Å². The fourth-order valence-electron chi connectivity index (χ4n) is 3.62. The Morgan fingerprint density at radius 1 is 1.00 bits per heavy atom. The summed E-state index contributed by atoms with van der Waals surface area (Å²) in [5.74, 6) is 3.20. The number of nitrogens with one attached hydrogen (secondary N) is 1. The molecule has 2 heteroatoms. The van der Waals surface area contributed by atoms with Gasteiger partial charge in [0.25, 0.3) is 0 Å². The van der Waals surface area contributed by atoms with Crippen molar-refractivity contribution in [2.75, 3.05) is 12.3 Å². The molecule has 0 aromatic carbocycles. The van der Waals surface area contributed by atoms with Gasteiger partial charge in [-0.05, 0) is 37.5 Å². The Hall–Kier alpha value is 0.310. The molecule has 0 spiro atoms. The summed E-state index contributed by atoms with van der Waals surface area (Å²) in [6.45, 7) is 6.08. The molecular weight excluding hydrogens is 238 g/mol. The van der Waals surface area contributed by atoms with Gasteiger partial charge in [-0.1, -0.05) is 39.5 Å². The second-order valence-corrected chi connectivity index (χ2v) is 8.00. The highest BCUT2D eigenvalue weighted by molar-refractivity contribution is 7.99. The van der Waals surface area contributed by atoms with E-state index in [9.17, 15) is 0 Å². The zero-order chi connectivity index (χ0) is 12.8. The Morgan fingerprint density at radius 3 is 2.61 bits per heavy atom. The third kappa shape index (κ3) is 4.77. The van der Waals surface area contributed by atoms with Gasteiger partial charge in [-0.25, -0.2) is 0 Å². The van der Waals surface area contributed by atoms with Crippen LogP contribution in [0.15, 0.2) is 0 Å². The van der Waals surface area contributed by atoms with Gasteiger partial charge in [0.05, 0.1) is 0 Å². The highest BCUT2D eigenvalue weighted by Gasteiger charge is 2.21. The summed E-state index contributed by atoms with van der Waals surface area (Å²) in [5.41, 5.74) is 0. The van der Waals surface area contributed by atoms with Crippen molar-refractivity contribution in [2.45, 2.75) is 76.5 Å². The summed E-state index contributed by atoms with van der Waals surface area (Å²) in [5, 5.41) is 4.76. The van der Waals surface area contributed by atoms with Crippen molar-refractivity contribution in [1.82, 2.24) is 5.32 Å². The van der Waals surface area contributed by atoms with Crippen LogP contribution in [-0.2, 0) is 0 Å². The molecule has 0 heterocycles. The molecule has 0 bridgehead atoms. The summed E-state index contributed by atoms with van der Waals surface area (Å²) >= 11 is 2.23. The van der Waals surface area contributed by atoms with Crippen LogP contribution >= 0.6 is 11.8 Å². The predicted octanol–water partition coefficient (Wildman–Crippen LogP) is 4.47. The third-order valence-corrected chi connectivity index (χ3v) is 6.20. The summed E-state index contributed by atoms with van der Waals surface area (Å²) in [6, 6.07) is 0.810. The Bertz CT molecular complexity index is 231. The lowest BCUT2D eigenvalue weighted by atomic mass is 9.86. The second-order valence-electron chi connectivity index (χ2n) is 6.59. The van der Waals surface area contributed by atoms with E-state index in [1.54, 1.807) is 0 Å². The van der Waals surface area contributed by atoms with E-state index in [4.69, 9.17) is 0 Å². The second kappa shape index (κ2) is 7.79. The quantitative estimate of drug-likeness (QED) is 0.739. The molecule has 2 rings (SSSR count). The van der Waals surface area contributed by atoms with Gasteiger partial charge >= 0.3 is 0 Å². The molecule has 4 unspecified atom stereocenters. The summed E-state index contributed by atoms with van der Waals surface area (Å²) in [6.07, 6.45) is 11.6. The molecule has 2 fully saturated rings. The van der Waals surface area contributed by atoms with Gasteiger partial charge in [0.15, 0.2) is 0 Å². The minimum Gasteiger partial charge on any atom is -0.313 e. The first-order valence-electron chi connectivity index (χ1n) is 8.10. The van der Waals surface area contributed by atoms with Crippen molar-refractivity contribution < 1.29 is 0 Å². The summed E-state index contributed by atoms with van der Waals surface area (Å²) in [7, 11) is 0. The van der Waals surface area contributed by atoms with E-state index < -0.39 is 0 Å². The molecular formula is C16H31NS. The lowest BCUT2D eigenvalue weighted by molar-refractivity contribution is 0.285. The molecule has 0 saturated heterocycles. The van der Waals surface area contributed by atoms with E-state index in [1.807, 2.05) is 0 Å². The van der Waals surface area contributed by atoms with Gasteiger partial charge in [-0.3, -0.25) is 0 Å². The van der Waals surface area contributed by atoms with Crippen LogP contribution in [0, 0.1) is 11.8 Å². The largest absolute Gasteiger partial charge is 0.313 e. The first-order valence-corrected chi connectivity index (χ1v) is 9.15. The van der Waals surface area contributed by atoms with Crippen LogP contribution in [-0.4, -0.2) is 23.6 Å². The SMILES string of the molecule is CC1CCCC(SCCNC2CCCCC2C)C1. The normalized spacial score (nSPS) is 37.7. The maximum absolute atomic E-state index is 3.80. The number of rotatable bonds is 5. The summed E-state index contributed by atoms with van der Waals surface area (Å²) < 4.78 is 0. The van der Waals surface area contributed by atoms with Gasteiger partial charge in [-0.15, -0.1) is 0 Å². The zero-order valence-corrected chi connectivity index (χ0v) is 13.1. The molecule has 2 saturated carbocycles. The fraction of sp³-hybridized carbons (Fsp3) is 1.00. The van der Waals surface area contributed by atoms with Crippen LogP contribution < -0.4 is 5.32 Å². The standard InChI is InChI=1S/C16H31NS/c1-13-6-5-8-15(12-13)18-11-10-17-16-9-4-3-7-14(16)2/h13-17H,3-12H2,1-2H3.